The molecule has 4 nitrogen and oxygen atoms in total. The van der Waals surface area contributed by atoms with Crippen LogP contribution in [-0.4, -0.2) is 23.6 Å². The van der Waals surface area contributed by atoms with Gasteiger partial charge in [-0.3, -0.25) is 0 Å². The summed E-state index contributed by atoms with van der Waals surface area (Å²) in [5.74, 6) is 0.906. The van der Waals surface area contributed by atoms with Crippen LogP contribution in [0.25, 0.3) is 0 Å². The van der Waals surface area contributed by atoms with Gasteiger partial charge >= 0.3 is 0 Å². The molecule has 0 aliphatic heterocycles. The van der Waals surface area contributed by atoms with Crippen LogP contribution in [-0.2, 0) is 13.0 Å². The third-order valence-corrected chi connectivity index (χ3v) is 2.67. The summed E-state index contributed by atoms with van der Waals surface area (Å²) in [6.45, 7) is 1.68. The molecule has 0 radical (unpaired) electrons. The van der Waals surface area contributed by atoms with Crippen LogP contribution in [0.3, 0.4) is 0 Å². The van der Waals surface area contributed by atoms with Gasteiger partial charge in [-0.15, -0.1) is 0 Å². The van der Waals surface area contributed by atoms with Crippen molar-refractivity contribution < 1.29 is 4.74 Å². The third kappa shape index (κ3) is 3.82. The van der Waals surface area contributed by atoms with Crippen molar-refractivity contribution in [1.82, 2.24) is 15.3 Å². The van der Waals surface area contributed by atoms with Gasteiger partial charge in [-0.1, -0.05) is 12.1 Å². The molecule has 0 atom stereocenters. The van der Waals surface area contributed by atoms with Crippen LogP contribution in [0.2, 0.25) is 0 Å². The number of nitrogens with zero attached hydrogens (tertiary/aromatic N) is 2. The van der Waals surface area contributed by atoms with E-state index in [2.05, 4.69) is 27.4 Å². The zero-order chi connectivity index (χ0) is 12.6. The molecule has 0 aliphatic rings. The average molecular weight is 243 g/mol. The minimum atomic E-state index is 0.770. The van der Waals surface area contributed by atoms with Gasteiger partial charge in [0.25, 0.3) is 0 Å². The first-order valence-electron chi connectivity index (χ1n) is 5.97. The second-order valence-electron chi connectivity index (χ2n) is 3.98. The molecule has 0 saturated heterocycles. The van der Waals surface area contributed by atoms with Crippen LogP contribution in [0.15, 0.2) is 42.9 Å². The predicted molar refractivity (Wildman–Crippen MR) is 70.4 cm³/mol. The Morgan fingerprint density at radius 3 is 3.00 bits per heavy atom. The van der Waals surface area contributed by atoms with Gasteiger partial charge in [-0.2, -0.15) is 0 Å². The quantitative estimate of drug-likeness (QED) is 0.786. The number of benzene rings is 1. The Kier molecular flexibility index (Phi) is 4.67. The average Bonchev–Trinajstić information content (AvgIpc) is 2.45. The molecule has 18 heavy (non-hydrogen) atoms. The fourth-order valence-corrected chi connectivity index (χ4v) is 1.70. The molecular formula is C14H17N3O. The van der Waals surface area contributed by atoms with E-state index >= 15 is 0 Å². The number of hydrogen-bond donors (Lipinski definition) is 1. The van der Waals surface area contributed by atoms with Crippen LogP contribution < -0.4 is 10.1 Å². The summed E-state index contributed by atoms with van der Waals surface area (Å²) >= 11 is 0. The fraction of sp³-hybridized carbons (Fsp3) is 0.286. The molecule has 2 rings (SSSR count). The SMILES string of the molecule is COc1cccc(CCNCc2ccncn2)c1. The summed E-state index contributed by atoms with van der Waals surface area (Å²) in [6, 6.07) is 10.1. The van der Waals surface area contributed by atoms with Gasteiger partial charge in [0.2, 0.25) is 0 Å². The van der Waals surface area contributed by atoms with Crippen LogP contribution in [0.5, 0.6) is 5.75 Å². The Morgan fingerprint density at radius 1 is 1.28 bits per heavy atom. The van der Waals surface area contributed by atoms with E-state index in [0.717, 1.165) is 31.0 Å². The van der Waals surface area contributed by atoms with Crippen molar-refractivity contribution in [3.8, 4) is 5.75 Å². The van der Waals surface area contributed by atoms with E-state index in [-0.39, 0.29) is 0 Å². The second-order valence-corrected chi connectivity index (χ2v) is 3.98. The van der Waals surface area contributed by atoms with E-state index in [0.29, 0.717) is 0 Å². The van der Waals surface area contributed by atoms with E-state index in [1.165, 1.54) is 5.56 Å². The lowest BCUT2D eigenvalue weighted by atomic mass is 10.1. The maximum Gasteiger partial charge on any atom is 0.119 e. The summed E-state index contributed by atoms with van der Waals surface area (Å²) in [5.41, 5.74) is 2.28. The van der Waals surface area contributed by atoms with Crippen molar-refractivity contribution in [3.63, 3.8) is 0 Å². The third-order valence-electron chi connectivity index (χ3n) is 2.67. The maximum absolute atomic E-state index is 5.19. The molecule has 1 aromatic heterocycles. The lowest BCUT2D eigenvalue weighted by Gasteiger charge is -2.06. The molecule has 1 N–H and O–H groups in total. The Bertz CT molecular complexity index is 473. The van der Waals surface area contributed by atoms with Crippen LogP contribution >= 0.6 is 0 Å². The minimum absolute atomic E-state index is 0.770. The molecule has 0 spiro atoms. The zero-order valence-corrected chi connectivity index (χ0v) is 10.5. The highest BCUT2D eigenvalue weighted by Crippen LogP contribution is 2.12. The van der Waals surface area contributed by atoms with Crippen LogP contribution in [0.1, 0.15) is 11.3 Å². The zero-order valence-electron chi connectivity index (χ0n) is 10.5. The fourth-order valence-electron chi connectivity index (χ4n) is 1.70. The van der Waals surface area contributed by atoms with E-state index in [1.54, 1.807) is 19.6 Å². The molecule has 0 aliphatic carbocycles. The molecule has 4 heteroatoms. The Morgan fingerprint density at radius 2 is 2.22 bits per heavy atom. The highest BCUT2D eigenvalue weighted by Gasteiger charge is 1.97. The van der Waals surface area contributed by atoms with Gasteiger partial charge in [0.05, 0.1) is 12.8 Å². The highest BCUT2D eigenvalue weighted by atomic mass is 16.5. The minimum Gasteiger partial charge on any atom is -0.497 e. The summed E-state index contributed by atoms with van der Waals surface area (Å²) < 4.78 is 5.19. The Balaban J connectivity index is 1.75. The molecular weight excluding hydrogens is 226 g/mol. The van der Waals surface area contributed by atoms with Crippen molar-refractivity contribution in [2.24, 2.45) is 0 Å². The number of nitrogens with one attached hydrogen (secondary N) is 1. The molecule has 0 fully saturated rings. The number of aromatic nitrogens is 2. The van der Waals surface area contributed by atoms with Gasteiger partial charge in [0.15, 0.2) is 0 Å². The highest BCUT2D eigenvalue weighted by molar-refractivity contribution is 5.28. The summed E-state index contributed by atoms with van der Waals surface area (Å²) in [5, 5.41) is 3.36. The number of methoxy groups -OCH3 is 1. The smallest absolute Gasteiger partial charge is 0.119 e. The van der Waals surface area contributed by atoms with Crippen molar-refractivity contribution in [2.45, 2.75) is 13.0 Å². The topological polar surface area (TPSA) is 47.0 Å². The van der Waals surface area contributed by atoms with E-state index in [9.17, 15) is 0 Å². The summed E-state index contributed by atoms with van der Waals surface area (Å²) in [6.07, 6.45) is 4.30. The standard InChI is InChI=1S/C14H17N3O/c1-18-14-4-2-3-12(9-14)5-7-15-10-13-6-8-16-11-17-13/h2-4,6,8-9,11,15H,5,7,10H2,1H3. The molecule has 0 bridgehead atoms. The Hall–Kier alpha value is -1.94. The normalized spacial score (nSPS) is 10.3. The lowest BCUT2D eigenvalue weighted by molar-refractivity contribution is 0.414. The molecule has 94 valence electrons. The maximum atomic E-state index is 5.19. The number of hydrogen-bond acceptors (Lipinski definition) is 4. The largest absolute Gasteiger partial charge is 0.497 e. The molecule has 1 heterocycles. The first kappa shape index (κ1) is 12.5. The van der Waals surface area contributed by atoms with E-state index < -0.39 is 0 Å². The van der Waals surface area contributed by atoms with E-state index in [4.69, 9.17) is 4.74 Å². The molecule has 1 aromatic carbocycles. The molecule has 2 aromatic rings. The van der Waals surface area contributed by atoms with Gasteiger partial charge < -0.3 is 10.1 Å². The lowest BCUT2D eigenvalue weighted by Crippen LogP contribution is -2.17. The summed E-state index contributed by atoms with van der Waals surface area (Å²) in [7, 11) is 1.69. The van der Waals surface area contributed by atoms with E-state index in [1.807, 2.05) is 18.2 Å². The van der Waals surface area contributed by atoms with Crippen molar-refractivity contribution in [2.75, 3.05) is 13.7 Å². The molecule has 0 unspecified atom stereocenters. The van der Waals surface area contributed by atoms with Gasteiger partial charge in [-0.25, -0.2) is 9.97 Å². The number of ether oxygens (including phenoxy) is 1. The van der Waals surface area contributed by atoms with Gasteiger partial charge in [0, 0.05) is 12.7 Å². The predicted octanol–water partition coefficient (Wildman–Crippen LogP) is 1.82. The van der Waals surface area contributed by atoms with Crippen molar-refractivity contribution >= 4 is 0 Å². The number of rotatable bonds is 6. The molecule has 0 amide bonds. The molecule has 0 saturated carbocycles. The first-order valence-corrected chi connectivity index (χ1v) is 5.97. The van der Waals surface area contributed by atoms with Crippen molar-refractivity contribution in [3.05, 3.63) is 54.1 Å². The Labute approximate surface area is 107 Å². The van der Waals surface area contributed by atoms with Crippen LogP contribution in [0.4, 0.5) is 0 Å². The first-order chi connectivity index (χ1) is 8.88. The monoisotopic (exact) mass is 243 g/mol. The van der Waals surface area contributed by atoms with Crippen LogP contribution in [0, 0.1) is 0 Å². The van der Waals surface area contributed by atoms with Gasteiger partial charge in [-0.05, 0) is 36.7 Å². The summed E-state index contributed by atoms with van der Waals surface area (Å²) in [4.78, 5) is 8.04. The van der Waals surface area contributed by atoms with Gasteiger partial charge in [0.1, 0.15) is 12.1 Å². The second kappa shape index (κ2) is 6.71. The van der Waals surface area contributed by atoms with Crippen molar-refractivity contribution in [1.29, 1.82) is 0 Å².